The van der Waals surface area contributed by atoms with Crippen LogP contribution in [0.2, 0.25) is 0 Å². The van der Waals surface area contributed by atoms with Gasteiger partial charge in [0.1, 0.15) is 0 Å². The van der Waals surface area contributed by atoms with Crippen LogP contribution in [-0.4, -0.2) is 31.3 Å². The van der Waals surface area contributed by atoms with Crippen LogP contribution in [0.1, 0.15) is 19.4 Å². The van der Waals surface area contributed by atoms with E-state index >= 15 is 0 Å². The van der Waals surface area contributed by atoms with Crippen LogP contribution in [0.25, 0.3) is 32.3 Å². The van der Waals surface area contributed by atoms with Crippen molar-refractivity contribution in [2.45, 2.75) is 26.3 Å². The molecule has 2 N–H and O–H groups in total. The monoisotopic (exact) mass is 386 g/mol. The molecule has 0 fully saturated rings. The highest BCUT2D eigenvalue weighted by Crippen LogP contribution is 2.36. The van der Waals surface area contributed by atoms with Crippen LogP contribution in [0.3, 0.4) is 0 Å². The smallest absolute Gasteiger partial charge is 0.224 e. The van der Waals surface area contributed by atoms with Crippen LogP contribution in [0.5, 0.6) is 0 Å². The van der Waals surface area contributed by atoms with E-state index < -0.39 is 0 Å². The fourth-order valence-corrected chi connectivity index (χ4v) is 4.18. The molecule has 1 amide bonds. The summed E-state index contributed by atoms with van der Waals surface area (Å²) >= 11 is 0. The van der Waals surface area contributed by atoms with Gasteiger partial charge >= 0.3 is 0 Å². The number of likely N-dealkylation sites (N-methyl/N-ethyl adjacent to an activating group) is 1. The van der Waals surface area contributed by atoms with Crippen LogP contribution < -0.4 is 10.6 Å². The SMILES string of the molecule is CN[C@@H](CNC(=O)Cc1cc2cccc3ccc4cccc1c4c32)C(=O)C(C)C. The normalized spacial score (nSPS) is 12.8. The van der Waals surface area contributed by atoms with Crippen molar-refractivity contribution in [2.24, 2.45) is 5.92 Å². The van der Waals surface area contributed by atoms with Crippen molar-refractivity contribution in [3.63, 3.8) is 0 Å². The molecule has 0 unspecified atom stereocenters. The number of ketones is 1. The van der Waals surface area contributed by atoms with Gasteiger partial charge in [-0.05, 0) is 51.0 Å². The standard InChI is InChI=1S/C25H26N2O2/c1-15(2)25(29)21(26-3)14-27-22(28)13-19-12-18-8-4-6-16-10-11-17-7-5-9-20(19)24(17)23(16)18/h4-12,15,21,26H,13-14H2,1-3H3,(H,27,28)/t21-/m0/s1. The Morgan fingerprint density at radius 3 is 2.24 bits per heavy atom. The lowest BCUT2D eigenvalue weighted by molar-refractivity contribution is -0.124. The summed E-state index contributed by atoms with van der Waals surface area (Å²) in [5, 5.41) is 13.1. The molecule has 4 nitrogen and oxygen atoms in total. The van der Waals surface area contributed by atoms with Crippen molar-refractivity contribution >= 4 is 44.0 Å². The summed E-state index contributed by atoms with van der Waals surface area (Å²) in [5.74, 6) is -0.0355. The van der Waals surface area contributed by atoms with Crippen LogP contribution in [0.4, 0.5) is 0 Å². The molecular formula is C25H26N2O2. The van der Waals surface area contributed by atoms with Crippen molar-refractivity contribution in [1.82, 2.24) is 10.6 Å². The van der Waals surface area contributed by atoms with Gasteiger partial charge in [0.15, 0.2) is 5.78 Å². The second-order valence-electron chi connectivity index (χ2n) is 7.96. The lowest BCUT2D eigenvalue weighted by atomic mass is 9.90. The number of carbonyl (C=O) groups excluding carboxylic acids is 2. The number of carbonyl (C=O) groups is 2. The summed E-state index contributed by atoms with van der Waals surface area (Å²) in [7, 11) is 1.75. The summed E-state index contributed by atoms with van der Waals surface area (Å²) < 4.78 is 0. The highest BCUT2D eigenvalue weighted by molar-refractivity contribution is 6.24. The van der Waals surface area contributed by atoms with Crippen molar-refractivity contribution in [3.05, 3.63) is 60.2 Å². The number of amides is 1. The molecule has 0 aliphatic rings. The highest BCUT2D eigenvalue weighted by atomic mass is 16.2. The Morgan fingerprint density at radius 1 is 0.897 bits per heavy atom. The minimum Gasteiger partial charge on any atom is -0.354 e. The van der Waals surface area contributed by atoms with Crippen LogP contribution >= 0.6 is 0 Å². The van der Waals surface area contributed by atoms with Gasteiger partial charge in [-0.2, -0.15) is 0 Å². The Balaban J connectivity index is 1.64. The van der Waals surface area contributed by atoms with E-state index in [0.29, 0.717) is 6.54 Å². The molecule has 0 radical (unpaired) electrons. The zero-order valence-corrected chi connectivity index (χ0v) is 17.1. The largest absolute Gasteiger partial charge is 0.354 e. The third-order valence-corrected chi connectivity index (χ3v) is 5.71. The highest BCUT2D eigenvalue weighted by Gasteiger charge is 2.20. The molecule has 0 saturated heterocycles. The average Bonchev–Trinajstić information content (AvgIpc) is 2.72. The van der Waals surface area contributed by atoms with E-state index in [9.17, 15) is 9.59 Å². The fraction of sp³-hybridized carbons (Fsp3) is 0.280. The first-order valence-corrected chi connectivity index (χ1v) is 10.1. The number of benzene rings is 4. The lowest BCUT2D eigenvalue weighted by Crippen LogP contribution is -2.46. The van der Waals surface area contributed by atoms with Gasteiger partial charge in [-0.25, -0.2) is 0 Å². The molecule has 0 heterocycles. The Kier molecular flexibility index (Phi) is 5.20. The average molecular weight is 386 g/mol. The Bertz CT molecular complexity index is 1200. The summed E-state index contributed by atoms with van der Waals surface area (Å²) in [6.07, 6.45) is 0.288. The van der Waals surface area contributed by atoms with Gasteiger partial charge in [-0.1, -0.05) is 62.4 Å². The molecule has 0 aliphatic heterocycles. The Hall–Kier alpha value is -2.98. The van der Waals surface area contributed by atoms with Crippen molar-refractivity contribution < 1.29 is 9.59 Å². The minimum absolute atomic E-state index is 0.0694. The first-order chi connectivity index (χ1) is 14.0. The fourth-order valence-electron chi connectivity index (χ4n) is 4.18. The van der Waals surface area contributed by atoms with Crippen molar-refractivity contribution in [3.8, 4) is 0 Å². The van der Waals surface area contributed by atoms with Crippen molar-refractivity contribution in [2.75, 3.05) is 13.6 Å². The van der Waals surface area contributed by atoms with Gasteiger partial charge < -0.3 is 10.6 Å². The molecule has 4 rings (SSSR count). The summed E-state index contributed by atoms with van der Waals surface area (Å²) in [6.45, 7) is 4.05. The first kappa shape index (κ1) is 19.3. The molecule has 0 spiro atoms. The number of hydrogen-bond acceptors (Lipinski definition) is 3. The Labute approximate surface area is 170 Å². The maximum Gasteiger partial charge on any atom is 0.224 e. The van der Waals surface area contributed by atoms with E-state index in [2.05, 4.69) is 59.2 Å². The molecule has 4 aromatic carbocycles. The molecule has 0 bridgehead atoms. The van der Waals surface area contributed by atoms with Crippen LogP contribution in [0.15, 0.2) is 54.6 Å². The second-order valence-corrected chi connectivity index (χ2v) is 7.96. The first-order valence-electron chi connectivity index (χ1n) is 10.1. The van der Waals surface area contributed by atoms with Gasteiger partial charge in [0.25, 0.3) is 0 Å². The predicted molar refractivity (Wildman–Crippen MR) is 120 cm³/mol. The lowest BCUT2D eigenvalue weighted by Gasteiger charge is -2.18. The quantitative estimate of drug-likeness (QED) is 0.471. The topological polar surface area (TPSA) is 58.2 Å². The molecule has 4 aromatic rings. The molecule has 29 heavy (non-hydrogen) atoms. The molecule has 4 heteroatoms. The van der Waals surface area contributed by atoms with Gasteiger partial charge in [0, 0.05) is 12.5 Å². The summed E-state index contributed by atoms with van der Waals surface area (Å²) in [5.41, 5.74) is 1.01. The molecule has 148 valence electrons. The maximum absolute atomic E-state index is 12.7. The second kappa shape index (κ2) is 7.80. The van der Waals surface area contributed by atoms with E-state index in [0.717, 1.165) is 16.3 Å². The molecule has 1 atom stereocenters. The number of hydrogen-bond donors (Lipinski definition) is 2. The van der Waals surface area contributed by atoms with Crippen LogP contribution in [0, 0.1) is 5.92 Å². The number of nitrogens with one attached hydrogen (secondary N) is 2. The number of Topliss-reactive ketones (excluding diaryl/α,β-unsaturated/α-hetero) is 1. The minimum atomic E-state index is -0.364. The summed E-state index contributed by atoms with van der Waals surface area (Å²) in [4.78, 5) is 24.9. The van der Waals surface area contributed by atoms with E-state index in [1.165, 1.54) is 21.5 Å². The van der Waals surface area contributed by atoms with E-state index in [-0.39, 0.29) is 30.1 Å². The van der Waals surface area contributed by atoms with Crippen LogP contribution in [-0.2, 0) is 16.0 Å². The molecule has 0 aromatic heterocycles. The van der Waals surface area contributed by atoms with E-state index in [1.54, 1.807) is 7.05 Å². The zero-order chi connectivity index (χ0) is 20.5. The van der Waals surface area contributed by atoms with E-state index in [4.69, 9.17) is 0 Å². The van der Waals surface area contributed by atoms with Gasteiger partial charge in [-0.3, -0.25) is 9.59 Å². The van der Waals surface area contributed by atoms with E-state index in [1.807, 2.05) is 19.9 Å². The molecular weight excluding hydrogens is 360 g/mol. The maximum atomic E-state index is 12.7. The van der Waals surface area contributed by atoms with Gasteiger partial charge in [0.05, 0.1) is 12.5 Å². The summed E-state index contributed by atoms with van der Waals surface area (Å²) in [6, 6.07) is 18.6. The van der Waals surface area contributed by atoms with Gasteiger partial charge in [-0.15, -0.1) is 0 Å². The zero-order valence-electron chi connectivity index (χ0n) is 17.1. The molecule has 0 aliphatic carbocycles. The van der Waals surface area contributed by atoms with Gasteiger partial charge in [0.2, 0.25) is 5.91 Å². The predicted octanol–water partition coefficient (Wildman–Crippen LogP) is 4.06. The Morgan fingerprint density at radius 2 is 1.55 bits per heavy atom. The molecule has 0 saturated carbocycles. The third-order valence-electron chi connectivity index (χ3n) is 5.71. The van der Waals surface area contributed by atoms with Crippen molar-refractivity contribution in [1.29, 1.82) is 0 Å². The third kappa shape index (κ3) is 3.56. The number of rotatable bonds is 7.